The highest BCUT2D eigenvalue weighted by Crippen LogP contribution is 2.36. The van der Waals surface area contributed by atoms with Crippen LogP contribution in [0.1, 0.15) is 22.5 Å². The maximum absolute atomic E-state index is 13.0. The first-order valence-electron chi connectivity index (χ1n) is 6.75. The Morgan fingerprint density at radius 2 is 2.00 bits per heavy atom. The number of nitrogens with one attached hydrogen (secondary N) is 1. The van der Waals surface area contributed by atoms with Crippen LogP contribution in [-0.4, -0.2) is 15.7 Å². The molecule has 0 unspecified atom stereocenters. The number of rotatable bonds is 3. The average molecular weight is 346 g/mol. The minimum absolute atomic E-state index is 0.0470. The van der Waals surface area contributed by atoms with E-state index in [4.69, 9.17) is 11.6 Å². The Balaban J connectivity index is 2.24. The summed E-state index contributed by atoms with van der Waals surface area (Å²) in [5.41, 5.74) is 0.883. The second-order valence-electron chi connectivity index (χ2n) is 5.19. The lowest BCUT2D eigenvalue weighted by Gasteiger charge is -2.14. The average Bonchev–Trinajstić information content (AvgIpc) is 2.66. The number of carbonyl (C=O) groups is 1. The smallest absolute Gasteiger partial charge is 0.325 e. The highest BCUT2D eigenvalue weighted by atomic mass is 35.5. The fraction of sp³-hybridized carbons (Fsp3) is 0.333. The first kappa shape index (κ1) is 17.3. The van der Waals surface area contributed by atoms with E-state index in [0.29, 0.717) is 11.3 Å². The van der Waals surface area contributed by atoms with Crippen LogP contribution in [0.25, 0.3) is 0 Å². The van der Waals surface area contributed by atoms with Crippen molar-refractivity contribution in [1.29, 1.82) is 0 Å². The quantitative estimate of drug-likeness (QED) is 0.917. The van der Waals surface area contributed by atoms with E-state index >= 15 is 0 Å². The van der Waals surface area contributed by atoms with Crippen LogP contribution in [-0.2, 0) is 24.4 Å². The van der Waals surface area contributed by atoms with E-state index in [1.165, 1.54) is 6.07 Å². The Morgan fingerprint density at radius 3 is 2.52 bits per heavy atom. The van der Waals surface area contributed by atoms with Gasteiger partial charge in [-0.05, 0) is 32.0 Å². The molecule has 0 fully saturated rings. The van der Waals surface area contributed by atoms with Gasteiger partial charge < -0.3 is 5.32 Å². The molecule has 0 spiro atoms. The summed E-state index contributed by atoms with van der Waals surface area (Å²) < 4.78 is 40.7. The molecule has 1 amide bonds. The van der Waals surface area contributed by atoms with Crippen LogP contribution >= 0.6 is 11.6 Å². The lowest BCUT2D eigenvalue weighted by atomic mass is 10.1. The molecule has 2 aromatic rings. The molecule has 8 heteroatoms. The minimum Gasteiger partial charge on any atom is -0.325 e. The lowest BCUT2D eigenvalue weighted by molar-refractivity contribution is -0.137. The summed E-state index contributed by atoms with van der Waals surface area (Å²) >= 11 is 5.61. The highest BCUT2D eigenvalue weighted by molar-refractivity contribution is 6.30. The maximum Gasteiger partial charge on any atom is 0.418 e. The summed E-state index contributed by atoms with van der Waals surface area (Å²) in [4.78, 5) is 12.1. The number of carbonyl (C=O) groups excluding carboxylic acids is 1. The molecule has 2 rings (SSSR count). The van der Waals surface area contributed by atoms with Gasteiger partial charge in [-0.15, -0.1) is 0 Å². The molecule has 1 heterocycles. The zero-order valence-corrected chi connectivity index (χ0v) is 13.5. The van der Waals surface area contributed by atoms with Crippen LogP contribution in [0.5, 0.6) is 0 Å². The van der Waals surface area contributed by atoms with E-state index in [9.17, 15) is 18.0 Å². The normalized spacial score (nSPS) is 11.6. The molecule has 0 saturated heterocycles. The van der Waals surface area contributed by atoms with Gasteiger partial charge in [0.25, 0.3) is 0 Å². The van der Waals surface area contributed by atoms with Crippen LogP contribution in [0.4, 0.5) is 18.9 Å². The van der Waals surface area contributed by atoms with Crippen molar-refractivity contribution in [3.8, 4) is 0 Å². The van der Waals surface area contributed by atoms with Gasteiger partial charge in [0, 0.05) is 23.3 Å². The molecular weight excluding hydrogens is 331 g/mol. The predicted molar refractivity (Wildman–Crippen MR) is 81.5 cm³/mol. The van der Waals surface area contributed by atoms with Gasteiger partial charge in [-0.2, -0.15) is 18.3 Å². The number of aromatic nitrogens is 2. The Bertz CT molecular complexity index is 753. The van der Waals surface area contributed by atoms with Crippen molar-refractivity contribution in [3.05, 3.63) is 45.7 Å². The summed E-state index contributed by atoms with van der Waals surface area (Å²) in [5.74, 6) is -0.544. The summed E-state index contributed by atoms with van der Waals surface area (Å²) in [6.45, 7) is 3.55. The monoisotopic (exact) mass is 345 g/mol. The van der Waals surface area contributed by atoms with Crippen molar-refractivity contribution in [1.82, 2.24) is 9.78 Å². The third-order valence-corrected chi connectivity index (χ3v) is 3.79. The molecular formula is C15H15ClF3N3O. The third kappa shape index (κ3) is 3.85. The molecule has 0 saturated carbocycles. The molecule has 1 N–H and O–H groups in total. The molecule has 0 atom stereocenters. The first-order valence-corrected chi connectivity index (χ1v) is 7.13. The number of hydrogen-bond acceptors (Lipinski definition) is 2. The Hall–Kier alpha value is -2.02. The molecule has 4 nitrogen and oxygen atoms in total. The van der Waals surface area contributed by atoms with E-state index in [2.05, 4.69) is 10.4 Å². The molecule has 0 aliphatic rings. The van der Waals surface area contributed by atoms with Gasteiger partial charge >= 0.3 is 6.18 Å². The van der Waals surface area contributed by atoms with Crippen molar-refractivity contribution < 1.29 is 18.0 Å². The number of aryl methyl sites for hydroxylation is 2. The SMILES string of the molecule is Cc1nn(C)c(C)c1CC(=O)Nc1ccc(Cl)cc1C(F)(F)F. The van der Waals surface area contributed by atoms with Crippen LogP contribution in [0.3, 0.4) is 0 Å². The van der Waals surface area contributed by atoms with Gasteiger partial charge in [-0.3, -0.25) is 9.48 Å². The summed E-state index contributed by atoms with van der Waals surface area (Å²) in [7, 11) is 1.74. The minimum atomic E-state index is -4.60. The molecule has 0 aliphatic carbocycles. The zero-order valence-electron chi connectivity index (χ0n) is 12.8. The zero-order chi connectivity index (χ0) is 17.4. The third-order valence-electron chi connectivity index (χ3n) is 3.56. The van der Waals surface area contributed by atoms with E-state index in [-0.39, 0.29) is 17.1 Å². The standard InChI is InChI=1S/C15H15ClF3N3O/c1-8-11(9(2)22(3)21-8)7-14(23)20-13-5-4-10(16)6-12(13)15(17,18)19/h4-6H,7H2,1-3H3,(H,20,23). The van der Waals surface area contributed by atoms with Crippen molar-refractivity contribution in [2.24, 2.45) is 7.05 Å². The molecule has 124 valence electrons. The molecule has 1 aromatic carbocycles. The van der Waals surface area contributed by atoms with Crippen molar-refractivity contribution in [2.45, 2.75) is 26.4 Å². The van der Waals surface area contributed by atoms with E-state index in [1.54, 1.807) is 25.6 Å². The van der Waals surface area contributed by atoms with Crippen LogP contribution in [0.15, 0.2) is 18.2 Å². The van der Waals surface area contributed by atoms with Crippen LogP contribution < -0.4 is 5.32 Å². The first-order chi connectivity index (χ1) is 10.6. The maximum atomic E-state index is 13.0. The molecule has 0 radical (unpaired) electrons. The second kappa shape index (κ2) is 6.23. The Morgan fingerprint density at radius 1 is 1.35 bits per heavy atom. The number of halogens is 4. The van der Waals surface area contributed by atoms with Crippen molar-refractivity contribution in [2.75, 3.05) is 5.32 Å². The number of hydrogen-bond donors (Lipinski definition) is 1. The lowest BCUT2D eigenvalue weighted by Crippen LogP contribution is -2.19. The summed E-state index contributed by atoms with van der Waals surface area (Å²) in [6, 6.07) is 3.23. The largest absolute Gasteiger partial charge is 0.418 e. The molecule has 0 bridgehead atoms. The summed E-state index contributed by atoms with van der Waals surface area (Å²) in [6.07, 6.45) is -4.65. The molecule has 23 heavy (non-hydrogen) atoms. The summed E-state index contributed by atoms with van der Waals surface area (Å²) in [5, 5.41) is 6.43. The molecule has 1 aromatic heterocycles. The number of nitrogens with zero attached hydrogens (tertiary/aromatic N) is 2. The fourth-order valence-electron chi connectivity index (χ4n) is 2.29. The van der Waals surface area contributed by atoms with E-state index < -0.39 is 17.6 Å². The molecule has 0 aliphatic heterocycles. The Labute approximate surface area is 136 Å². The van der Waals surface area contributed by atoms with Gasteiger partial charge in [0.05, 0.1) is 23.4 Å². The number of alkyl halides is 3. The number of benzene rings is 1. The van der Waals surface area contributed by atoms with Gasteiger partial charge in [-0.1, -0.05) is 11.6 Å². The van der Waals surface area contributed by atoms with Crippen molar-refractivity contribution >= 4 is 23.2 Å². The fourth-order valence-corrected chi connectivity index (χ4v) is 2.46. The Kier molecular flexibility index (Phi) is 4.70. The van der Waals surface area contributed by atoms with Crippen LogP contribution in [0, 0.1) is 13.8 Å². The number of amides is 1. The number of anilines is 1. The van der Waals surface area contributed by atoms with Crippen molar-refractivity contribution in [3.63, 3.8) is 0 Å². The second-order valence-corrected chi connectivity index (χ2v) is 5.62. The van der Waals surface area contributed by atoms with Crippen LogP contribution in [0.2, 0.25) is 5.02 Å². The van der Waals surface area contributed by atoms with E-state index in [1.807, 2.05) is 0 Å². The van der Waals surface area contributed by atoms with Gasteiger partial charge in [-0.25, -0.2) is 0 Å². The van der Waals surface area contributed by atoms with Gasteiger partial charge in [0.15, 0.2) is 0 Å². The van der Waals surface area contributed by atoms with Gasteiger partial charge in [0.2, 0.25) is 5.91 Å². The topological polar surface area (TPSA) is 46.9 Å². The van der Waals surface area contributed by atoms with Gasteiger partial charge in [0.1, 0.15) is 0 Å². The highest BCUT2D eigenvalue weighted by Gasteiger charge is 2.34. The van der Waals surface area contributed by atoms with E-state index in [0.717, 1.165) is 17.8 Å². The predicted octanol–water partition coefficient (Wildman–Crippen LogP) is 3.89.